The topological polar surface area (TPSA) is 52.3 Å². The molecule has 0 aromatic heterocycles. The van der Waals surface area contributed by atoms with Crippen molar-refractivity contribution in [3.8, 4) is 0 Å². The molecule has 0 amide bonds. The van der Waals surface area contributed by atoms with Gasteiger partial charge in [-0.25, -0.2) is 0 Å². The molecule has 20 heavy (non-hydrogen) atoms. The molecule has 2 aliphatic rings. The van der Waals surface area contributed by atoms with E-state index in [9.17, 15) is 4.79 Å². The number of carbonyl (C=O) groups is 1. The normalized spacial score (nSPS) is 25.4. The summed E-state index contributed by atoms with van der Waals surface area (Å²) in [5.41, 5.74) is 9.24. The van der Waals surface area contributed by atoms with Crippen molar-refractivity contribution in [2.24, 2.45) is 11.7 Å². The van der Waals surface area contributed by atoms with Gasteiger partial charge in [-0.2, -0.15) is 0 Å². The minimum absolute atomic E-state index is 0. The fraction of sp³-hybridized carbons (Fsp3) is 0.588. The Labute approximate surface area is 124 Å². The van der Waals surface area contributed by atoms with Crippen molar-refractivity contribution < 1.29 is 11.0 Å². The molecule has 0 radical (unpaired) electrons. The number of rotatable bonds is 1. The molecule has 2 bridgehead atoms. The van der Waals surface area contributed by atoms with E-state index >= 15 is 0 Å². The van der Waals surface area contributed by atoms with Gasteiger partial charge in [0.25, 0.3) is 0 Å². The summed E-state index contributed by atoms with van der Waals surface area (Å²) in [6.07, 6.45) is 9.11. The van der Waals surface area contributed by atoms with E-state index in [0.29, 0.717) is 5.92 Å². The largest absolute Gasteiger partial charge is 0.379 e. The lowest BCUT2D eigenvalue weighted by atomic mass is 9.85. The Bertz CT molecular complexity index is 444. The van der Waals surface area contributed by atoms with Gasteiger partial charge in [0.2, 0.25) is 0 Å². The van der Waals surface area contributed by atoms with Crippen LogP contribution in [0.3, 0.4) is 0 Å². The van der Waals surface area contributed by atoms with Gasteiger partial charge in [-0.15, -0.1) is 0 Å². The van der Waals surface area contributed by atoms with Crippen molar-refractivity contribution >= 4 is 6.29 Å². The molecule has 3 heteroatoms. The maximum atomic E-state index is 10.8. The Morgan fingerprint density at radius 1 is 1.45 bits per heavy atom. The molecule has 2 rings (SSSR count). The first-order chi connectivity index (χ1) is 9.28. The highest BCUT2D eigenvalue weighted by Gasteiger charge is 2.22. The van der Waals surface area contributed by atoms with Crippen LogP contribution in [0.25, 0.3) is 0 Å². The number of ether oxygens (including phenoxy) is 1. The van der Waals surface area contributed by atoms with Crippen molar-refractivity contribution in [3.05, 3.63) is 34.9 Å². The van der Waals surface area contributed by atoms with Crippen molar-refractivity contribution in [1.82, 2.24) is 0 Å². The summed E-state index contributed by atoms with van der Waals surface area (Å²) >= 11 is 0. The second-order valence-electron chi connectivity index (χ2n) is 6.35. The van der Waals surface area contributed by atoms with Crippen molar-refractivity contribution in [2.75, 3.05) is 7.11 Å². The van der Waals surface area contributed by atoms with E-state index in [2.05, 4.69) is 6.08 Å². The molecule has 0 fully saturated rings. The van der Waals surface area contributed by atoms with Gasteiger partial charge in [0, 0.05) is 26.1 Å². The lowest BCUT2D eigenvalue weighted by Gasteiger charge is -2.24. The van der Waals surface area contributed by atoms with Crippen molar-refractivity contribution in [3.63, 3.8) is 0 Å². The Kier molecular flexibility index (Phi) is 5.90. The van der Waals surface area contributed by atoms with E-state index < -0.39 is 0 Å². The highest BCUT2D eigenvalue weighted by atomic mass is 16.5. The molecule has 0 spiro atoms. The molecule has 1 unspecified atom stereocenters. The summed E-state index contributed by atoms with van der Waals surface area (Å²) in [5.74, 6) is 0.311. The predicted octanol–water partition coefficient (Wildman–Crippen LogP) is 3.41. The van der Waals surface area contributed by atoms with Crippen LogP contribution in [-0.4, -0.2) is 25.0 Å². The molecule has 2 N–H and O–H groups in total. The van der Waals surface area contributed by atoms with Crippen LogP contribution in [-0.2, 0) is 9.53 Å². The first kappa shape index (κ1) is 16.9. The van der Waals surface area contributed by atoms with Crippen molar-refractivity contribution in [2.45, 2.75) is 52.2 Å². The number of allylic oxidation sites excluding steroid dienone is 4. The SMILES string of the molecule is CC1=C(C=O)C=CC2C=C1CC[C@@H]2N.COC(C)(C)C.[HH]. The van der Waals surface area contributed by atoms with E-state index in [0.717, 1.165) is 30.3 Å². The smallest absolute Gasteiger partial charge is 0.150 e. The number of hydrogen-bond donors (Lipinski definition) is 1. The zero-order valence-corrected chi connectivity index (χ0v) is 13.3. The van der Waals surface area contributed by atoms with Crippen LogP contribution in [0.4, 0.5) is 0 Å². The van der Waals surface area contributed by atoms with E-state index in [1.165, 1.54) is 5.57 Å². The lowest BCUT2D eigenvalue weighted by Crippen LogP contribution is -2.30. The van der Waals surface area contributed by atoms with E-state index in [-0.39, 0.29) is 13.1 Å². The molecule has 114 valence electrons. The highest BCUT2D eigenvalue weighted by Crippen LogP contribution is 2.31. The molecule has 0 saturated heterocycles. The summed E-state index contributed by atoms with van der Waals surface area (Å²) in [4.78, 5) is 10.8. The zero-order chi connectivity index (χ0) is 15.3. The van der Waals surface area contributed by atoms with Gasteiger partial charge in [0.15, 0.2) is 0 Å². The van der Waals surface area contributed by atoms with Crippen LogP contribution < -0.4 is 5.73 Å². The molecule has 0 saturated carbocycles. The molecule has 2 atom stereocenters. The Morgan fingerprint density at radius 3 is 2.55 bits per heavy atom. The minimum Gasteiger partial charge on any atom is -0.379 e. The van der Waals surface area contributed by atoms with Gasteiger partial charge < -0.3 is 10.5 Å². The van der Waals surface area contributed by atoms with Crippen LogP contribution in [0.1, 0.15) is 42.0 Å². The Hall–Kier alpha value is -1.19. The fourth-order valence-electron chi connectivity index (χ4n) is 2.12. The fourth-order valence-corrected chi connectivity index (χ4v) is 2.12. The number of aldehydes is 1. The van der Waals surface area contributed by atoms with Crippen LogP contribution in [0.15, 0.2) is 34.9 Å². The summed E-state index contributed by atoms with van der Waals surface area (Å²) < 4.78 is 4.94. The molecule has 0 aliphatic heterocycles. The second kappa shape index (κ2) is 7.00. The van der Waals surface area contributed by atoms with Gasteiger partial charge in [0.05, 0.1) is 5.60 Å². The third-order valence-electron chi connectivity index (χ3n) is 3.79. The number of nitrogens with two attached hydrogens (primary N) is 1. The number of carbonyl (C=O) groups excluding carboxylic acids is 1. The van der Waals surface area contributed by atoms with Gasteiger partial charge >= 0.3 is 0 Å². The summed E-state index contributed by atoms with van der Waals surface area (Å²) in [6, 6.07) is 0.216. The third-order valence-corrected chi connectivity index (χ3v) is 3.79. The molecule has 0 aromatic rings. The van der Waals surface area contributed by atoms with Gasteiger partial charge in [-0.1, -0.05) is 18.2 Å². The molecular formula is C17H29NO2. The second-order valence-corrected chi connectivity index (χ2v) is 6.35. The Balaban J connectivity index is 0.000000495. The van der Waals surface area contributed by atoms with Crippen LogP contribution in [0, 0.1) is 5.92 Å². The van der Waals surface area contributed by atoms with E-state index in [1.54, 1.807) is 7.11 Å². The first-order valence-corrected chi connectivity index (χ1v) is 7.14. The van der Waals surface area contributed by atoms with Crippen LogP contribution in [0.5, 0.6) is 0 Å². The highest BCUT2D eigenvalue weighted by molar-refractivity contribution is 5.80. The summed E-state index contributed by atoms with van der Waals surface area (Å²) in [7, 11) is 1.71. The van der Waals surface area contributed by atoms with Crippen molar-refractivity contribution in [1.29, 1.82) is 0 Å². The lowest BCUT2D eigenvalue weighted by molar-refractivity contribution is -0.104. The standard InChI is InChI=1S/C12H15NO.C5H12O.H2/c1-8-9-4-5-12(13)10(6-9)2-3-11(8)7-14;1-5(2,3)6-4;/h2-3,6-7,10,12H,4-5,13H2,1H3;1-4H3;1H/t10?,12-;;/m0../s1. The average Bonchev–Trinajstić information content (AvgIpc) is 2.53. The molecular weight excluding hydrogens is 250 g/mol. The molecule has 0 heterocycles. The minimum atomic E-state index is 0. The quantitative estimate of drug-likeness (QED) is 0.748. The Morgan fingerprint density at radius 2 is 2.05 bits per heavy atom. The van der Waals surface area contributed by atoms with Gasteiger partial charge in [-0.05, 0) is 51.7 Å². The third kappa shape index (κ3) is 4.73. The number of methoxy groups -OCH3 is 1. The van der Waals surface area contributed by atoms with E-state index in [1.807, 2.05) is 39.8 Å². The van der Waals surface area contributed by atoms with Gasteiger partial charge in [-0.3, -0.25) is 4.79 Å². The average molecular weight is 279 g/mol. The zero-order valence-electron chi connectivity index (χ0n) is 13.3. The maximum Gasteiger partial charge on any atom is 0.150 e. The first-order valence-electron chi connectivity index (χ1n) is 7.14. The molecule has 3 nitrogen and oxygen atoms in total. The number of hydrogen-bond acceptors (Lipinski definition) is 3. The summed E-state index contributed by atoms with van der Waals surface area (Å²) in [6.45, 7) is 8.08. The van der Waals surface area contributed by atoms with E-state index in [4.69, 9.17) is 10.5 Å². The molecule has 0 aromatic carbocycles. The van der Waals surface area contributed by atoms with Crippen LogP contribution in [0.2, 0.25) is 0 Å². The van der Waals surface area contributed by atoms with Gasteiger partial charge in [0.1, 0.15) is 6.29 Å². The predicted molar refractivity (Wildman–Crippen MR) is 85.6 cm³/mol. The number of fused-ring (bicyclic) bond motifs is 1. The summed E-state index contributed by atoms with van der Waals surface area (Å²) in [5, 5.41) is 0. The molecule has 2 aliphatic carbocycles. The van der Waals surface area contributed by atoms with Crippen LogP contribution >= 0.6 is 0 Å². The maximum absolute atomic E-state index is 10.8. The monoisotopic (exact) mass is 279 g/mol.